The number of amides is 1. The van der Waals surface area contributed by atoms with Gasteiger partial charge in [-0.05, 0) is 85.5 Å². The number of carbonyl (C=O) groups excluding carboxylic acids is 1. The molecule has 1 N–H and O–H groups in total. The van der Waals surface area contributed by atoms with E-state index in [-0.39, 0.29) is 30.7 Å². The lowest BCUT2D eigenvalue weighted by Crippen LogP contribution is -2.59. The Morgan fingerprint density at radius 3 is 2.23 bits per heavy atom. The summed E-state index contributed by atoms with van der Waals surface area (Å²) in [6.07, 6.45) is 2.89. The van der Waals surface area contributed by atoms with Crippen LogP contribution in [0.15, 0.2) is 78.9 Å². The van der Waals surface area contributed by atoms with Gasteiger partial charge in [-0.15, -0.1) is 0 Å². The highest BCUT2D eigenvalue weighted by molar-refractivity contribution is 7.93. The number of sulfonamides is 1. The first-order valence-corrected chi connectivity index (χ1v) is 17.4. The highest BCUT2D eigenvalue weighted by Crippen LogP contribution is 2.54. The summed E-state index contributed by atoms with van der Waals surface area (Å²) in [6, 6.07) is 23.0. The van der Waals surface area contributed by atoms with Crippen LogP contribution in [-0.2, 0) is 19.6 Å². The molecule has 1 amide bonds. The number of carboxylic acid groups (broad SMARTS) is 1. The fraction of sp³-hybridized carbons (Fsp3) is 0.412. The Morgan fingerprint density at radius 2 is 1.64 bits per heavy atom. The van der Waals surface area contributed by atoms with Crippen molar-refractivity contribution in [2.75, 3.05) is 10.8 Å². The third-order valence-corrected chi connectivity index (χ3v) is 12.1. The number of piperidine rings is 1. The lowest BCUT2D eigenvalue weighted by Gasteiger charge is -2.52. The maximum Gasteiger partial charge on any atom is 0.304 e. The van der Waals surface area contributed by atoms with E-state index in [1.54, 1.807) is 37.3 Å². The third-order valence-electron chi connectivity index (χ3n) is 9.31. The number of carbonyl (C=O) groups is 2. The van der Waals surface area contributed by atoms with Gasteiger partial charge in [-0.25, -0.2) is 8.42 Å². The zero-order valence-electron chi connectivity index (χ0n) is 24.5. The van der Waals surface area contributed by atoms with E-state index in [1.807, 2.05) is 53.4 Å². The molecule has 1 heterocycles. The van der Waals surface area contributed by atoms with E-state index in [0.29, 0.717) is 35.0 Å². The molecule has 10 heteroatoms. The smallest absolute Gasteiger partial charge is 0.304 e. The molecule has 0 spiro atoms. The molecule has 44 heavy (non-hydrogen) atoms. The minimum atomic E-state index is -3.68. The summed E-state index contributed by atoms with van der Waals surface area (Å²) in [4.78, 5) is 28.9. The summed E-state index contributed by atoms with van der Waals surface area (Å²) in [6.45, 7) is 1.82. The summed E-state index contributed by atoms with van der Waals surface area (Å²) in [5.74, 6) is -1.56. The average molecular weight is 656 g/mol. The number of aliphatic carboxylic acids is 1. The Labute approximate surface area is 268 Å². The molecule has 0 aromatic heterocycles. The van der Waals surface area contributed by atoms with E-state index in [9.17, 15) is 23.1 Å². The van der Waals surface area contributed by atoms with E-state index in [1.165, 1.54) is 4.31 Å². The quantitative estimate of drug-likeness (QED) is 0.234. The van der Waals surface area contributed by atoms with Crippen LogP contribution < -0.4 is 4.31 Å². The van der Waals surface area contributed by atoms with Crippen molar-refractivity contribution < 1.29 is 23.1 Å². The Balaban J connectivity index is 1.52. The number of rotatable bonds is 11. The standard InChI is InChI=1S/C34H36Cl2N2O5S/c1-34(20-31(39)40)19-29(24-6-5-7-26(36)18-24)32(23-12-14-25(35)15-13-23)38(33(34)41)30(22-10-11-22)21-37(27-8-3-2-4-9-27)44(42,43)28-16-17-28/h2-9,12-15,18,22,28-30,32H,10-11,16-17,19-21H2,1H3,(H,39,40)/t29?,30-,32?,34-/m1/s1. The van der Waals surface area contributed by atoms with Crippen LogP contribution in [0.1, 0.15) is 68.5 Å². The number of anilines is 1. The van der Waals surface area contributed by atoms with Crippen LogP contribution in [0.25, 0.3) is 0 Å². The van der Waals surface area contributed by atoms with Gasteiger partial charge < -0.3 is 10.0 Å². The predicted molar refractivity (Wildman–Crippen MR) is 172 cm³/mol. The number of para-hydroxylation sites is 1. The van der Waals surface area contributed by atoms with Crippen molar-refractivity contribution in [1.29, 1.82) is 0 Å². The highest BCUT2D eigenvalue weighted by Gasteiger charge is 2.55. The minimum absolute atomic E-state index is 0.0709. The molecule has 2 saturated carbocycles. The second-order valence-electron chi connectivity index (χ2n) is 12.7. The summed E-state index contributed by atoms with van der Waals surface area (Å²) in [7, 11) is -3.68. The number of carboxylic acids is 1. The molecule has 3 fully saturated rings. The van der Waals surface area contributed by atoms with Crippen molar-refractivity contribution in [3.63, 3.8) is 0 Å². The Morgan fingerprint density at radius 1 is 0.955 bits per heavy atom. The normalized spacial score (nSPS) is 24.6. The Kier molecular flexibility index (Phi) is 8.46. The predicted octanol–water partition coefficient (Wildman–Crippen LogP) is 7.31. The van der Waals surface area contributed by atoms with Gasteiger partial charge in [0.1, 0.15) is 0 Å². The number of nitrogens with zero attached hydrogens (tertiary/aromatic N) is 2. The fourth-order valence-corrected chi connectivity index (χ4v) is 9.05. The van der Waals surface area contributed by atoms with Crippen LogP contribution in [0.3, 0.4) is 0 Å². The zero-order valence-corrected chi connectivity index (χ0v) is 26.8. The van der Waals surface area contributed by atoms with Gasteiger partial charge in [-0.2, -0.15) is 0 Å². The van der Waals surface area contributed by atoms with Crippen LogP contribution in [0.5, 0.6) is 0 Å². The summed E-state index contributed by atoms with van der Waals surface area (Å²) >= 11 is 12.8. The van der Waals surface area contributed by atoms with E-state index in [4.69, 9.17) is 23.2 Å². The SMILES string of the molecule is C[C@]1(CC(=O)O)CC(c2cccc(Cl)c2)C(c2ccc(Cl)cc2)N([C@H](CN(c2ccccc2)S(=O)(=O)C2CC2)C2CC2)C1=O. The van der Waals surface area contributed by atoms with Gasteiger partial charge in [0, 0.05) is 16.0 Å². The molecule has 232 valence electrons. The molecule has 2 aliphatic carbocycles. The third kappa shape index (κ3) is 6.22. The van der Waals surface area contributed by atoms with Gasteiger partial charge in [-0.3, -0.25) is 13.9 Å². The first-order chi connectivity index (χ1) is 21.0. The Bertz CT molecular complexity index is 1640. The number of hydrogen-bond donors (Lipinski definition) is 1. The van der Waals surface area contributed by atoms with Crippen LogP contribution in [0, 0.1) is 11.3 Å². The molecule has 1 aliphatic heterocycles. The highest BCUT2D eigenvalue weighted by atomic mass is 35.5. The van der Waals surface area contributed by atoms with Gasteiger partial charge in [0.2, 0.25) is 15.9 Å². The van der Waals surface area contributed by atoms with E-state index in [2.05, 4.69) is 0 Å². The molecule has 0 bridgehead atoms. The lowest BCUT2D eigenvalue weighted by molar-refractivity contribution is -0.160. The second kappa shape index (κ2) is 12.0. The van der Waals surface area contributed by atoms with Crippen LogP contribution in [0.4, 0.5) is 5.69 Å². The zero-order chi connectivity index (χ0) is 31.2. The number of halogens is 2. The lowest BCUT2D eigenvalue weighted by atomic mass is 9.67. The molecular formula is C34H36Cl2N2O5S. The molecule has 0 radical (unpaired) electrons. The molecule has 4 atom stereocenters. The summed E-state index contributed by atoms with van der Waals surface area (Å²) < 4.78 is 29.4. The molecular weight excluding hydrogens is 619 g/mol. The number of hydrogen-bond acceptors (Lipinski definition) is 4. The van der Waals surface area contributed by atoms with E-state index < -0.39 is 38.7 Å². The maximum atomic E-state index is 14.8. The van der Waals surface area contributed by atoms with Crippen LogP contribution in [-0.4, -0.2) is 48.1 Å². The van der Waals surface area contributed by atoms with Gasteiger partial charge in [0.25, 0.3) is 0 Å². The molecule has 6 rings (SSSR count). The molecule has 2 unspecified atom stereocenters. The number of likely N-dealkylation sites (tertiary alicyclic amines) is 1. The summed E-state index contributed by atoms with van der Waals surface area (Å²) in [5.41, 5.74) is 1.10. The van der Waals surface area contributed by atoms with Gasteiger partial charge >= 0.3 is 5.97 Å². The second-order valence-corrected chi connectivity index (χ2v) is 15.7. The molecule has 7 nitrogen and oxygen atoms in total. The van der Waals surface area contributed by atoms with Crippen molar-refractivity contribution in [2.24, 2.45) is 11.3 Å². The molecule has 3 aromatic rings. The van der Waals surface area contributed by atoms with Gasteiger partial charge in [-0.1, -0.05) is 72.6 Å². The summed E-state index contributed by atoms with van der Waals surface area (Å²) in [5, 5.41) is 10.6. The monoisotopic (exact) mass is 654 g/mol. The fourth-order valence-electron chi connectivity index (χ4n) is 6.86. The maximum absolute atomic E-state index is 14.8. The largest absolute Gasteiger partial charge is 0.481 e. The van der Waals surface area contributed by atoms with E-state index in [0.717, 1.165) is 24.0 Å². The number of benzene rings is 3. The van der Waals surface area contributed by atoms with Gasteiger partial charge in [0.15, 0.2) is 0 Å². The van der Waals surface area contributed by atoms with E-state index >= 15 is 0 Å². The minimum Gasteiger partial charge on any atom is -0.481 e. The van der Waals surface area contributed by atoms with Gasteiger partial charge in [0.05, 0.1) is 41.4 Å². The van der Waals surface area contributed by atoms with Crippen molar-refractivity contribution >= 4 is 50.8 Å². The topological polar surface area (TPSA) is 95.0 Å². The van der Waals surface area contributed by atoms with Crippen LogP contribution in [0.2, 0.25) is 10.0 Å². The average Bonchev–Trinajstić information content (AvgIpc) is 3.89. The Hall–Kier alpha value is -3.07. The first kappa shape index (κ1) is 30.9. The van der Waals surface area contributed by atoms with Crippen LogP contribution >= 0.6 is 23.2 Å². The van der Waals surface area contributed by atoms with Crippen molar-refractivity contribution in [3.05, 3.63) is 100 Å². The molecule has 1 saturated heterocycles. The van der Waals surface area contributed by atoms with Crippen molar-refractivity contribution in [3.8, 4) is 0 Å². The van der Waals surface area contributed by atoms with Crippen molar-refractivity contribution in [2.45, 2.75) is 68.7 Å². The first-order valence-electron chi connectivity index (χ1n) is 15.1. The van der Waals surface area contributed by atoms with Crippen molar-refractivity contribution in [1.82, 2.24) is 4.90 Å². The molecule has 3 aromatic carbocycles. The molecule has 3 aliphatic rings.